The van der Waals surface area contributed by atoms with Gasteiger partial charge in [0.05, 0.1) is 11.1 Å². The van der Waals surface area contributed by atoms with E-state index in [0.717, 1.165) is 11.3 Å². The van der Waals surface area contributed by atoms with Gasteiger partial charge in [-0.05, 0) is 23.6 Å². The molecule has 0 unspecified atom stereocenters. The van der Waals surface area contributed by atoms with Crippen molar-refractivity contribution in [3.63, 3.8) is 0 Å². The minimum absolute atomic E-state index is 0.194. The Bertz CT molecular complexity index is 751. The summed E-state index contributed by atoms with van der Waals surface area (Å²) in [6, 6.07) is 7.27. The van der Waals surface area contributed by atoms with Crippen molar-refractivity contribution < 1.29 is 23.9 Å². The maximum Gasteiger partial charge on any atom is 0.338 e. The zero-order chi connectivity index (χ0) is 16.8. The van der Waals surface area contributed by atoms with Gasteiger partial charge in [-0.1, -0.05) is 12.1 Å². The summed E-state index contributed by atoms with van der Waals surface area (Å²) in [4.78, 5) is 45.2. The molecule has 3 N–H and O–H groups in total. The third-order valence-corrected chi connectivity index (χ3v) is 3.63. The van der Waals surface area contributed by atoms with Crippen molar-refractivity contribution in [3.8, 4) is 0 Å². The number of nitrogens with two attached hydrogens (primary N) is 1. The van der Waals surface area contributed by atoms with E-state index >= 15 is 0 Å². The molecule has 0 aliphatic carbocycles. The highest BCUT2D eigenvalue weighted by molar-refractivity contribution is 7.14. The SMILES string of the molecule is NC(=O)c1ccsc1NC(=O)COC(=O)c1ccc(C=O)cc1. The van der Waals surface area contributed by atoms with Crippen molar-refractivity contribution in [2.75, 3.05) is 11.9 Å². The number of carbonyl (C=O) groups excluding carboxylic acids is 4. The maximum absolute atomic E-state index is 11.8. The number of aldehydes is 1. The number of benzene rings is 1. The van der Waals surface area contributed by atoms with E-state index in [2.05, 4.69) is 5.32 Å². The van der Waals surface area contributed by atoms with Crippen LogP contribution in [0.5, 0.6) is 0 Å². The number of thiophene rings is 1. The first-order valence-corrected chi connectivity index (χ1v) is 7.28. The van der Waals surface area contributed by atoms with Gasteiger partial charge in [0.25, 0.3) is 11.8 Å². The molecule has 0 atom stereocenters. The summed E-state index contributed by atoms with van der Waals surface area (Å²) in [6.45, 7) is -0.510. The Labute approximate surface area is 135 Å². The Kier molecular flexibility index (Phi) is 5.21. The molecule has 8 heteroatoms. The smallest absolute Gasteiger partial charge is 0.338 e. The zero-order valence-corrected chi connectivity index (χ0v) is 12.6. The predicted octanol–water partition coefficient (Wildman–Crippen LogP) is 1.46. The summed E-state index contributed by atoms with van der Waals surface area (Å²) in [7, 11) is 0. The Balaban J connectivity index is 1.90. The van der Waals surface area contributed by atoms with Crippen LogP contribution < -0.4 is 11.1 Å². The van der Waals surface area contributed by atoms with Crippen LogP contribution in [0.3, 0.4) is 0 Å². The molecular weight excluding hydrogens is 320 g/mol. The topological polar surface area (TPSA) is 116 Å². The molecule has 0 bridgehead atoms. The lowest BCUT2D eigenvalue weighted by molar-refractivity contribution is -0.119. The molecule has 0 aliphatic rings. The van der Waals surface area contributed by atoms with Crippen LogP contribution in [-0.4, -0.2) is 30.7 Å². The van der Waals surface area contributed by atoms with E-state index in [1.807, 2.05) is 0 Å². The summed E-state index contributed by atoms with van der Waals surface area (Å²) >= 11 is 1.13. The van der Waals surface area contributed by atoms with Crippen molar-refractivity contribution in [2.45, 2.75) is 0 Å². The first-order valence-electron chi connectivity index (χ1n) is 6.40. The van der Waals surface area contributed by atoms with Crippen molar-refractivity contribution in [1.29, 1.82) is 0 Å². The molecule has 0 radical (unpaired) electrons. The molecule has 1 aromatic carbocycles. The molecule has 1 aromatic heterocycles. The van der Waals surface area contributed by atoms with E-state index in [9.17, 15) is 19.2 Å². The fourth-order valence-electron chi connectivity index (χ4n) is 1.68. The maximum atomic E-state index is 11.8. The highest BCUT2D eigenvalue weighted by Crippen LogP contribution is 2.22. The molecule has 2 amide bonds. The van der Waals surface area contributed by atoms with Gasteiger partial charge in [-0.3, -0.25) is 14.4 Å². The molecule has 2 aromatic rings. The van der Waals surface area contributed by atoms with Crippen LogP contribution in [-0.2, 0) is 9.53 Å². The largest absolute Gasteiger partial charge is 0.452 e. The Morgan fingerprint density at radius 3 is 2.48 bits per heavy atom. The second-order valence-electron chi connectivity index (χ2n) is 4.39. The van der Waals surface area contributed by atoms with Gasteiger partial charge >= 0.3 is 5.97 Å². The molecule has 0 saturated heterocycles. The van der Waals surface area contributed by atoms with E-state index in [4.69, 9.17) is 10.5 Å². The second-order valence-corrected chi connectivity index (χ2v) is 5.31. The lowest BCUT2D eigenvalue weighted by Crippen LogP contribution is -2.22. The van der Waals surface area contributed by atoms with Gasteiger partial charge in [0.15, 0.2) is 6.61 Å². The standard InChI is InChI=1S/C15H12N2O5S/c16-13(20)11-5-6-23-14(11)17-12(19)8-22-15(21)10-3-1-9(7-18)2-4-10/h1-7H,8H2,(H2,16,20)(H,17,19). The molecular formula is C15H12N2O5S. The number of esters is 1. The number of hydrogen-bond donors (Lipinski definition) is 2. The Morgan fingerprint density at radius 1 is 1.17 bits per heavy atom. The van der Waals surface area contributed by atoms with Gasteiger partial charge in [-0.25, -0.2) is 4.79 Å². The molecule has 118 valence electrons. The summed E-state index contributed by atoms with van der Waals surface area (Å²) in [5.74, 6) is -1.94. The van der Waals surface area contributed by atoms with Crippen molar-refractivity contribution in [2.24, 2.45) is 5.73 Å². The van der Waals surface area contributed by atoms with Crippen LogP contribution in [0.2, 0.25) is 0 Å². The second kappa shape index (κ2) is 7.32. The number of nitrogens with one attached hydrogen (secondary N) is 1. The average Bonchev–Trinajstić information content (AvgIpc) is 3.01. The number of primary amides is 1. The van der Waals surface area contributed by atoms with E-state index in [1.165, 1.54) is 30.3 Å². The van der Waals surface area contributed by atoms with Crippen molar-refractivity contribution >= 4 is 40.4 Å². The molecule has 0 fully saturated rings. The van der Waals surface area contributed by atoms with Crippen LogP contribution >= 0.6 is 11.3 Å². The molecule has 1 heterocycles. The minimum atomic E-state index is -0.695. The Morgan fingerprint density at radius 2 is 1.87 bits per heavy atom. The Hall–Kier alpha value is -3.00. The molecule has 0 saturated carbocycles. The van der Waals surface area contributed by atoms with Crippen molar-refractivity contribution in [1.82, 2.24) is 0 Å². The van der Waals surface area contributed by atoms with Gasteiger partial charge < -0.3 is 15.8 Å². The normalized spacial score (nSPS) is 9.91. The van der Waals surface area contributed by atoms with Gasteiger partial charge in [-0.2, -0.15) is 0 Å². The van der Waals surface area contributed by atoms with Gasteiger partial charge in [0.2, 0.25) is 0 Å². The molecule has 0 spiro atoms. The fraction of sp³-hybridized carbons (Fsp3) is 0.0667. The summed E-state index contributed by atoms with van der Waals surface area (Å²) in [6.07, 6.45) is 0.653. The minimum Gasteiger partial charge on any atom is -0.452 e. The van der Waals surface area contributed by atoms with Crippen molar-refractivity contribution in [3.05, 3.63) is 52.4 Å². The summed E-state index contributed by atoms with van der Waals surface area (Å²) < 4.78 is 4.86. The van der Waals surface area contributed by atoms with Crippen LogP contribution in [0, 0.1) is 0 Å². The number of anilines is 1. The highest BCUT2D eigenvalue weighted by atomic mass is 32.1. The van der Waals surface area contributed by atoms with E-state index in [1.54, 1.807) is 5.38 Å². The monoisotopic (exact) mass is 332 g/mol. The third-order valence-electron chi connectivity index (χ3n) is 2.80. The first kappa shape index (κ1) is 16.4. The van der Waals surface area contributed by atoms with E-state index < -0.39 is 24.4 Å². The van der Waals surface area contributed by atoms with Gasteiger partial charge in [0.1, 0.15) is 11.3 Å². The van der Waals surface area contributed by atoms with Crippen LogP contribution in [0.4, 0.5) is 5.00 Å². The van der Waals surface area contributed by atoms with Gasteiger partial charge in [-0.15, -0.1) is 11.3 Å². The number of ether oxygens (including phenoxy) is 1. The summed E-state index contributed by atoms with van der Waals surface area (Å²) in [5.41, 5.74) is 6.00. The number of amides is 2. The summed E-state index contributed by atoms with van der Waals surface area (Å²) in [5, 5.41) is 4.36. The molecule has 0 aliphatic heterocycles. The highest BCUT2D eigenvalue weighted by Gasteiger charge is 2.14. The quantitative estimate of drug-likeness (QED) is 0.613. The van der Waals surface area contributed by atoms with E-state index in [-0.39, 0.29) is 11.1 Å². The predicted molar refractivity (Wildman–Crippen MR) is 83.6 cm³/mol. The van der Waals surface area contributed by atoms with Crippen LogP contribution in [0.1, 0.15) is 31.1 Å². The molecule has 2 rings (SSSR count). The van der Waals surface area contributed by atoms with Crippen LogP contribution in [0.15, 0.2) is 35.7 Å². The van der Waals surface area contributed by atoms with E-state index in [0.29, 0.717) is 16.9 Å². The lowest BCUT2D eigenvalue weighted by atomic mass is 10.1. The average molecular weight is 332 g/mol. The van der Waals surface area contributed by atoms with Gasteiger partial charge in [0, 0.05) is 5.56 Å². The lowest BCUT2D eigenvalue weighted by Gasteiger charge is -2.06. The number of hydrogen-bond acceptors (Lipinski definition) is 6. The first-order chi connectivity index (χ1) is 11.0. The molecule has 23 heavy (non-hydrogen) atoms. The van der Waals surface area contributed by atoms with Crippen LogP contribution in [0.25, 0.3) is 0 Å². The molecule has 7 nitrogen and oxygen atoms in total. The fourth-order valence-corrected chi connectivity index (χ4v) is 2.48. The third kappa shape index (κ3) is 4.24. The number of carbonyl (C=O) groups is 4. The number of rotatable bonds is 6. The zero-order valence-electron chi connectivity index (χ0n) is 11.8.